The number of carbonyl (C=O) groups excluding carboxylic acids is 1. The minimum atomic E-state index is -0.422. The first-order chi connectivity index (χ1) is 24.1. The van der Waals surface area contributed by atoms with E-state index in [4.69, 9.17) is 5.73 Å². The van der Waals surface area contributed by atoms with Gasteiger partial charge in [0.25, 0.3) is 5.91 Å². The van der Waals surface area contributed by atoms with Gasteiger partial charge in [0.15, 0.2) is 5.82 Å². The Morgan fingerprint density at radius 3 is 2.50 bits per heavy atom. The maximum atomic E-state index is 13.3. The van der Waals surface area contributed by atoms with Crippen LogP contribution in [0.4, 0.5) is 0 Å². The molecule has 0 radical (unpaired) electrons. The molecular formula is C39H43N7O4. The fourth-order valence-electron chi connectivity index (χ4n) is 7.15. The zero-order chi connectivity index (χ0) is 34.9. The topological polar surface area (TPSA) is 155 Å². The number of aromatic nitrogens is 4. The van der Waals surface area contributed by atoms with Crippen molar-refractivity contribution in [1.29, 1.82) is 0 Å². The summed E-state index contributed by atoms with van der Waals surface area (Å²) in [5, 5.41) is 28.7. The molecule has 0 saturated carbocycles. The van der Waals surface area contributed by atoms with E-state index in [9.17, 15) is 19.8 Å². The highest BCUT2D eigenvalue weighted by Gasteiger charge is 2.24. The van der Waals surface area contributed by atoms with Gasteiger partial charge in [-0.1, -0.05) is 32.1 Å². The van der Waals surface area contributed by atoms with Gasteiger partial charge in [-0.3, -0.25) is 4.79 Å². The van der Waals surface area contributed by atoms with Gasteiger partial charge in [-0.05, 0) is 97.5 Å². The van der Waals surface area contributed by atoms with E-state index in [1.54, 1.807) is 6.07 Å². The Labute approximate surface area is 290 Å². The Balaban J connectivity index is 0.961. The number of hydrogen-bond acceptors (Lipinski definition) is 7. The van der Waals surface area contributed by atoms with Gasteiger partial charge in [0.1, 0.15) is 17.3 Å². The van der Waals surface area contributed by atoms with Crippen molar-refractivity contribution >= 4 is 22.6 Å². The van der Waals surface area contributed by atoms with E-state index >= 15 is 0 Å². The molecule has 2 aromatic heterocycles. The molecule has 2 aliphatic rings. The van der Waals surface area contributed by atoms with Gasteiger partial charge in [0.05, 0.1) is 11.3 Å². The Morgan fingerprint density at radius 1 is 1.00 bits per heavy atom. The molecule has 3 aromatic carbocycles. The number of allylic oxidation sites excluding steroid dienone is 1. The number of phenols is 2. The molecule has 11 heteroatoms. The van der Waals surface area contributed by atoms with Crippen molar-refractivity contribution in [3.8, 4) is 28.6 Å². The Hall–Kier alpha value is -5.58. The van der Waals surface area contributed by atoms with Gasteiger partial charge in [0.2, 0.25) is 0 Å². The van der Waals surface area contributed by atoms with Crippen LogP contribution in [-0.2, 0) is 13.0 Å². The zero-order valence-corrected chi connectivity index (χ0v) is 28.5. The number of aromatic hydroxyl groups is 2. The molecule has 1 amide bonds. The Kier molecular flexibility index (Phi) is 9.05. The van der Waals surface area contributed by atoms with E-state index in [1.807, 2.05) is 67.3 Å². The molecule has 5 aromatic rings. The molecule has 7 rings (SSSR count). The second-order valence-electron chi connectivity index (χ2n) is 13.7. The number of phenolic OH excluding ortho intramolecular Hbond substituents is 2. The van der Waals surface area contributed by atoms with Crippen molar-refractivity contribution < 1.29 is 15.0 Å². The molecule has 1 saturated heterocycles. The second-order valence-corrected chi connectivity index (χ2v) is 13.7. The van der Waals surface area contributed by atoms with Gasteiger partial charge in [-0.2, -0.15) is 5.10 Å². The van der Waals surface area contributed by atoms with E-state index < -0.39 is 5.69 Å². The van der Waals surface area contributed by atoms with Crippen molar-refractivity contribution in [2.24, 2.45) is 16.6 Å². The third-order valence-electron chi connectivity index (χ3n) is 10.1. The molecule has 5 N–H and O–H groups in total. The number of piperidine rings is 1. The maximum absolute atomic E-state index is 13.3. The van der Waals surface area contributed by atoms with Crippen LogP contribution in [-0.4, -0.2) is 59.3 Å². The summed E-state index contributed by atoms with van der Waals surface area (Å²) in [4.78, 5) is 32.5. The quantitative estimate of drug-likeness (QED) is 0.138. The number of amidine groups is 1. The smallest absolute Gasteiger partial charge is 0.348 e. The second kappa shape index (κ2) is 13.7. The largest absolute Gasteiger partial charge is 0.508 e. The molecule has 50 heavy (non-hydrogen) atoms. The van der Waals surface area contributed by atoms with Crippen LogP contribution in [0.25, 0.3) is 28.0 Å². The number of aryl methyl sites for hydroxylation is 2. The monoisotopic (exact) mass is 673 g/mol. The number of nitrogens with zero attached hydrogens (tertiary/aromatic N) is 5. The summed E-state index contributed by atoms with van der Waals surface area (Å²) >= 11 is 0. The van der Waals surface area contributed by atoms with Crippen LogP contribution in [0.15, 0.2) is 88.4 Å². The lowest BCUT2D eigenvalue weighted by Crippen LogP contribution is -2.38. The summed E-state index contributed by atoms with van der Waals surface area (Å²) in [5.41, 5.74) is 11.0. The lowest BCUT2D eigenvalue weighted by atomic mass is 9.93. The van der Waals surface area contributed by atoms with Gasteiger partial charge in [-0.25, -0.2) is 19.5 Å². The fourth-order valence-corrected chi connectivity index (χ4v) is 7.15. The van der Waals surface area contributed by atoms with Crippen LogP contribution in [0.1, 0.15) is 73.4 Å². The summed E-state index contributed by atoms with van der Waals surface area (Å²) < 4.78 is 3.68. The van der Waals surface area contributed by atoms with Crippen LogP contribution in [0.2, 0.25) is 0 Å². The summed E-state index contributed by atoms with van der Waals surface area (Å²) in [6.07, 6.45) is 9.56. The van der Waals surface area contributed by atoms with Gasteiger partial charge >= 0.3 is 5.69 Å². The molecule has 2 aliphatic heterocycles. The SMILES string of the molecule is CC(C)c1cc(-c2n[nH]c(=O)n2-c2ccc3c(ccn3CCC3CCN(C(=O)c4ccc(CCC5=CCC(N)=N5)cc4)CC3)c2)c(O)cc1O. The average molecular weight is 674 g/mol. The minimum absolute atomic E-state index is 0.000402. The number of hydrogen-bond donors (Lipinski definition) is 4. The number of fused-ring (bicyclic) bond motifs is 1. The standard InChI is InChI=1S/C39H43N7O4/c1-24(2)31-22-32(35(48)23-34(31)47)37-42-43-39(50)46(37)30-10-11-33-28(21-30)16-20-44(33)17-13-26-14-18-45(19-15-26)38(49)27-6-3-25(4-7-27)5-8-29-9-12-36(40)41-29/h3-4,6-7,9-11,16,20-24,26,47-48H,5,8,12-15,17-19H2,1-2H3,(H2,40,41)(H,43,50). The molecule has 258 valence electrons. The number of aromatic amines is 1. The fraction of sp³-hybridized carbons (Fsp3) is 0.333. The molecule has 0 bridgehead atoms. The number of likely N-dealkylation sites (tertiary alicyclic amines) is 1. The first kappa shape index (κ1) is 32.9. The van der Waals surface area contributed by atoms with Crippen LogP contribution in [0.3, 0.4) is 0 Å². The molecular weight excluding hydrogens is 630 g/mol. The van der Waals surface area contributed by atoms with Crippen molar-refractivity contribution in [1.82, 2.24) is 24.2 Å². The van der Waals surface area contributed by atoms with Crippen molar-refractivity contribution in [3.63, 3.8) is 0 Å². The first-order valence-corrected chi connectivity index (χ1v) is 17.4. The third kappa shape index (κ3) is 6.67. The van der Waals surface area contributed by atoms with Gasteiger partial charge in [0, 0.05) is 60.5 Å². The molecule has 0 spiro atoms. The zero-order valence-electron chi connectivity index (χ0n) is 28.5. The van der Waals surface area contributed by atoms with E-state index in [0.717, 1.165) is 80.3 Å². The molecule has 4 heterocycles. The van der Waals surface area contributed by atoms with E-state index in [2.05, 4.69) is 32.0 Å². The van der Waals surface area contributed by atoms with E-state index in [1.165, 1.54) is 16.2 Å². The predicted molar refractivity (Wildman–Crippen MR) is 195 cm³/mol. The average Bonchev–Trinajstić information content (AvgIpc) is 3.84. The van der Waals surface area contributed by atoms with E-state index in [0.29, 0.717) is 28.6 Å². The van der Waals surface area contributed by atoms with Crippen LogP contribution < -0.4 is 11.4 Å². The third-order valence-corrected chi connectivity index (χ3v) is 10.1. The van der Waals surface area contributed by atoms with Gasteiger partial charge < -0.3 is 25.4 Å². The summed E-state index contributed by atoms with van der Waals surface area (Å²) in [7, 11) is 0. The molecule has 1 fully saturated rings. The molecule has 0 unspecified atom stereocenters. The summed E-state index contributed by atoms with van der Waals surface area (Å²) in [6, 6.07) is 18.8. The number of rotatable bonds is 10. The number of H-pyrrole nitrogens is 1. The number of nitrogens with two attached hydrogens (primary N) is 1. The van der Waals surface area contributed by atoms with Crippen molar-refractivity contribution in [2.75, 3.05) is 13.1 Å². The lowest BCUT2D eigenvalue weighted by Gasteiger charge is -2.32. The normalized spacial score (nSPS) is 15.2. The number of aliphatic imine (C=N–C) groups is 1. The Bertz CT molecular complexity index is 2160. The Morgan fingerprint density at radius 2 is 1.78 bits per heavy atom. The number of nitrogens with one attached hydrogen (secondary N) is 1. The highest BCUT2D eigenvalue weighted by molar-refractivity contribution is 5.94. The molecule has 11 nitrogen and oxygen atoms in total. The molecule has 0 atom stereocenters. The van der Waals surface area contributed by atoms with Crippen LogP contribution >= 0.6 is 0 Å². The van der Waals surface area contributed by atoms with Crippen LogP contribution in [0.5, 0.6) is 11.5 Å². The molecule has 0 aliphatic carbocycles. The number of benzene rings is 3. The minimum Gasteiger partial charge on any atom is -0.508 e. The first-order valence-electron chi connectivity index (χ1n) is 17.4. The van der Waals surface area contributed by atoms with Crippen molar-refractivity contribution in [2.45, 2.75) is 64.8 Å². The maximum Gasteiger partial charge on any atom is 0.348 e. The van der Waals surface area contributed by atoms with Gasteiger partial charge in [-0.15, -0.1) is 0 Å². The van der Waals surface area contributed by atoms with Crippen molar-refractivity contribution in [3.05, 3.63) is 106 Å². The lowest BCUT2D eigenvalue weighted by molar-refractivity contribution is 0.0685. The van der Waals surface area contributed by atoms with Crippen LogP contribution in [0, 0.1) is 5.92 Å². The number of amides is 1. The number of carbonyl (C=O) groups is 1. The summed E-state index contributed by atoms with van der Waals surface area (Å²) in [6.45, 7) is 6.26. The highest BCUT2D eigenvalue weighted by atomic mass is 16.3. The van der Waals surface area contributed by atoms with E-state index in [-0.39, 0.29) is 29.1 Å². The predicted octanol–water partition coefficient (Wildman–Crippen LogP) is 6.24. The highest BCUT2D eigenvalue weighted by Crippen LogP contribution is 2.37. The summed E-state index contributed by atoms with van der Waals surface area (Å²) in [5.74, 6) is 1.42.